The molecule has 0 saturated carbocycles. The van der Waals surface area contributed by atoms with E-state index in [-0.39, 0.29) is 5.82 Å². The Kier molecular flexibility index (Phi) is 7.21. The van der Waals surface area contributed by atoms with Gasteiger partial charge in [0.25, 0.3) is 0 Å². The SMILES string of the molecule is CC(C)N(C)CCCCNCc1cc(C#N)ccc1F. The van der Waals surface area contributed by atoms with E-state index in [9.17, 15) is 4.39 Å². The second-order valence-corrected chi connectivity index (χ2v) is 5.38. The molecule has 0 aliphatic carbocycles. The van der Waals surface area contributed by atoms with E-state index >= 15 is 0 Å². The van der Waals surface area contributed by atoms with Crippen molar-refractivity contribution < 1.29 is 4.39 Å². The molecule has 0 aliphatic heterocycles. The van der Waals surface area contributed by atoms with Crippen LogP contribution in [-0.4, -0.2) is 31.1 Å². The summed E-state index contributed by atoms with van der Waals surface area (Å²) in [4.78, 5) is 2.32. The summed E-state index contributed by atoms with van der Waals surface area (Å²) in [7, 11) is 2.13. The number of benzene rings is 1. The molecule has 0 aliphatic rings. The van der Waals surface area contributed by atoms with Crippen LogP contribution in [0, 0.1) is 17.1 Å². The van der Waals surface area contributed by atoms with Crippen LogP contribution in [0.15, 0.2) is 18.2 Å². The zero-order chi connectivity index (χ0) is 15.0. The van der Waals surface area contributed by atoms with E-state index < -0.39 is 0 Å². The normalized spacial score (nSPS) is 11.1. The van der Waals surface area contributed by atoms with Crippen LogP contribution in [0.25, 0.3) is 0 Å². The maximum Gasteiger partial charge on any atom is 0.127 e. The fourth-order valence-electron chi connectivity index (χ4n) is 1.87. The highest BCUT2D eigenvalue weighted by Crippen LogP contribution is 2.09. The first-order chi connectivity index (χ1) is 9.54. The lowest BCUT2D eigenvalue weighted by Crippen LogP contribution is -2.27. The summed E-state index contributed by atoms with van der Waals surface area (Å²) in [5, 5.41) is 12.0. The van der Waals surface area contributed by atoms with Crippen molar-refractivity contribution in [2.75, 3.05) is 20.1 Å². The number of nitrogens with zero attached hydrogens (tertiary/aromatic N) is 2. The Hall–Kier alpha value is -1.44. The predicted molar refractivity (Wildman–Crippen MR) is 79.8 cm³/mol. The van der Waals surface area contributed by atoms with Gasteiger partial charge in [0.15, 0.2) is 0 Å². The van der Waals surface area contributed by atoms with E-state index in [1.165, 1.54) is 12.1 Å². The molecular formula is C16H24FN3. The van der Waals surface area contributed by atoms with Crippen LogP contribution in [0.5, 0.6) is 0 Å². The molecule has 110 valence electrons. The molecule has 1 aromatic carbocycles. The Balaban J connectivity index is 2.23. The first-order valence-corrected chi connectivity index (χ1v) is 7.14. The Bertz CT molecular complexity index is 452. The third-order valence-corrected chi connectivity index (χ3v) is 3.49. The van der Waals surface area contributed by atoms with Gasteiger partial charge in [0.1, 0.15) is 5.82 Å². The zero-order valence-corrected chi connectivity index (χ0v) is 12.6. The van der Waals surface area contributed by atoms with Crippen molar-refractivity contribution >= 4 is 0 Å². The van der Waals surface area contributed by atoms with E-state index in [4.69, 9.17) is 5.26 Å². The summed E-state index contributed by atoms with van der Waals surface area (Å²) >= 11 is 0. The summed E-state index contributed by atoms with van der Waals surface area (Å²) < 4.78 is 13.5. The largest absolute Gasteiger partial charge is 0.313 e. The van der Waals surface area contributed by atoms with Crippen molar-refractivity contribution in [3.05, 3.63) is 35.1 Å². The van der Waals surface area contributed by atoms with Crippen molar-refractivity contribution in [3.63, 3.8) is 0 Å². The van der Waals surface area contributed by atoms with Crippen molar-refractivity contribution in [3.8, 4) is 6.07 Å². The summed E-state index contributed by atoms with van der Waals surface area (Å²) in [6.45, 7) is 6.79. The molecule has 0 spiro atoms. The van der Waals surface area contributed by atoms with Crippen LogP contribution < -0.4 is 5.32 Å². The zero-order valence-electron chi connectivity index (χ0n) is 12.6. The molecule has 1 aromatic rings. The van der Waals surface area contributed by atoms with E-state index in [0.717, 1.165) is 25.9 Å². The van der Waals surface area contributed by atoms with Crippen molar-refractivity contribution in [2.45, 2.75) is 39.3 Å². The fraction of sp³-hybridized carbons (Fsp3) is 0.562. The molecule has 0 radical (unpaired) electrons. The average Bonchev–Trinajstić information content (AvgIpc) is 2.43. The van der Waals surface area contributed by atoms with Gasteiger partial charge in [0.05, 0.1) is 11.6 Å². The standard InChI is InChI=1S/C16H24FN3/c1-13(2)20(3)9-5-4-8-19-12-15-10-14(11-18)6-7-16(15)17/h6-7,10,13,19H,4-5,8-9,12H2,1-3H3. The summed E-state index contributed by atoms with van der Waals surface area (Å²) in [5.74, 6) is -0.254. The Morgan fingerprint density at radius 2 is 2.10 bits per heavy atom. The van der Waals surface area contributed by atoms with E-state index in [1.807, 2.05) is 6.07 Å². The molecule has 0 atom stereocenters. The van der Waals surface area contributed by atoms with Crippen LogP contribution in [0.4, 0.5) is 4.39 Å². The van der Waals surface area contributed by atoms with Gasteiger partial charge in [-0.2, -0.15) is 5.26 Å². The molecule has 0 bridgehead atoms. The minimum Gasteiger partial charge on any atom is -0.313 e. The average molecular weight is 277 g/mol. The van der Waals surface area contributed by atoms with Gasteiger partial charge in [0, 0.05) is 18.2 Å². The Labute approximate surface area is 121 Å². The first-order valence-electron chi connectivity index (χ1n) is 7.14. The number of unbranched alkanes of at least 4 members (excludes halogenated alkanes) is 1. The van der Waals surface area contributed by atoms with E-state index in [2.05, 4.69) is 31.1 Å². The van der Waals surface area contributed by atoms with Gasteiger partial charge < -0.3 is 10.2 Å². The van der Waals surface area contributed by atoms with E-state index in [1.54, 1.807) is 6.07 Å². The van der Waals surface area contributed by atoms with Gasteiger partial charge in [-0.3, -0.25) is 0 Å². The summed E-state index contributed by atoms with van der Waals surface area (Å²) in [5.41, 5.74) is 1.06. The maximum absolute atomic E-state index is 13.5. The Morgan fingerprint density at radius 3 is 2.75 bits per heavy atom. The van der Waals surface area contributed by atoms with Gasteiger partial charge in [-0.25, -0.2) is 4.39 Å². The first kappa shape index (κ1) is 16.6. The van der Waals surface area contributed by atoms with Gasteiger partial charge in [-0.1, -0.05) is 0 Å². The number of rotatable bonds is 8. The van der Waals surface area contributed by atoms with Gasteiger partial charge in [-0.15, -0.1) is 0 Å². The predicted octanol–water partition coefficient (Wildman–Crippen LogP) is 2.91. The van der Waals surface area contributed by atoms with Gasteiger partial charge in [0.2, 0.25) is 0 Å². The molecular weight excluding hydrogens is 253 g/mol. The molecule has 0 fully saturated rings. The lowest BCUT2D eigenvalue weighted by Gasteiger charge is -2.20. The molecule has 0 unspecified atom stereocenters. The van der Waals surface area contributed by atoms with Crippen molar-refractivity contribution in [1.29, 1.82) is 5.26 Å². The second-order valence-electron chi connectivity index (χ2n) is 5.38. The monoisotopic (exact) mass is 277 g/mol. The number of halogens is 1. The van der Waals surface area contributed by atoms with Gasteiger partial charge in [-0.05, 0) is 65.0 Å². The third-order valence-electron chi connectivity index (χ3n) is 3.49. The minimum atomic E-state index is -0.254. The smallest absolute Gasteiger partial charge is 0.127 e. The number of hydrogen-bond donors (Lipinski definition) is 1. The fourth-order valence-corrected chi connectivity index (χ4v) is 1.87. The van der Waals surface area contributed by atoms with Crippen molar-refractivity contribution in [2.24, 2.45) is 0 Å². The second kappa shape index (κ2) is 8.68. The number of nitrogens with one attached hydrogen (secondary N) is 1. The van der Waals surface area contributed by atoms with Crippen LogP contribution >= 0.6 is 0 Å². The summed E-state index contributed by atoms with van der Waals surface area (Å²) in [6, 6.07) is 7.06. The third kappa shape index (κ3) is 5.68. The molecule has 0 heterocycles. The lowest BCUT2D eigenvalue weighted by atomic mass is 10.1. The molecule has 20 heavy (non-hydrogen) atoms. The van der Waals surface area contributed by atoms with E-state index in [0.29, 0.717) is 23.7 Å². The molecule has 4 heteroatoms. The van der Waals surface area contributed by atoms with Crippen molar-refractivity contribution in [1.82, 2.24) is 10.2 Å². The summed E-state index contributed by atoms with van der Waals surface area (Å²) in [6.07, 6.45) is 2.19. The highest BCUT2D eigenvalue weighted by molar-refractivity contribution is 5.33. The topological polar surface area (TPSA) is 39.1 Å². The lowest BCUT2D eigenvalue weighted by molar-refractivity contribution is 0.268. The molecule has 0 saturated heterocycles. The van der Waals surface area contributed by atoms with Gasteiger partial charge >= 0.3 is 0 Å². The molecule has 1 N–H and O–H groups in total. The number of hydrogen-bond acceptors (Lipinski definition) is 3. The van der Waals surface area contributed by atoms with Crippen LogP contribution in [0.3, 0.4) is 0 Å². The molecule has 1 rings (SSSR count). The molecule has 0 amide bonds. The molecule has 3 nitrogen and oxygen atoms in total. The van der Waals surface area contributed by atoms with Crippen LogP contribution in [0.2, 0.25) is 0 Å². The maximum atomic E-state index is 13.5. The Morgan fingerprint density at radius 1 is 1.35 bits per heavy atom. The minimum absolute atomic E-state index is 0.254. The van der Waals surface area contributed by atoms with Crippen LogP contribution in [-0.2, 0) is 6.54 Å². The molecule has 0 aromatic heterocycles. The quantitative estimate of drug-likeness (QED) is 0.743. The van der Waals surface area contributed by atoms with Crippen LogP contribution in [0.1, 0.15) is 37.8 Å². The highest BCUT2D eigenvalue weighted by Gasteiger charge is 2.04. The number of nitriles is 1. The highest BCUT2D eigenvalue weighted by atomic mass is 19.1.